The smallest absolute Gasteiger partial charge is 0.294 e. The summed E-state index contributed by atoms with van der Waals surface area (Å²) in [6.45, 7) is 4.15. The van der Waals surface area contributed by atoms with E-state index in [1.165, 1.54) is 96.0 Å². The van der Waals surface area contributed by atoms with Crippen LogP contribution in [-0.2, 0) is 14.9 Å². The molecule has 1 rings (SSSR count). The Balaban J connectivity index is 2.02. The number of nitrogens with one attached hydrogen (secondary N) is 1. The summed E-state index contributed by atoms with van der Waals surface area (Å²) >= 11 is 0. The van der Waals surface area contributed by atoms with Crippen molar-refractivity contribution in [2.24, 2.45) is 0 Å². The Morgan fingerprint density at radius 2 is 1.27 bits per heavy atom. The van der Waals surface area contributed by atoms with Crippen molar-refractivity contribution in [1.82, 2.24) is 5.32 Å². The molecular formula is C31H53NO4S. The summed E-state index contributed by atoms with van der Waals surface area (Å²) in [5.41, 5.74) is 0.435. The van der Waals surface area contributed by atoms with Crippen molar-refractivity contribution in [2.75, 3.05) is 0 Å². The van der Waals surface area contributed by atoms with Gasteiger partial charge in [-0.15, -0.1) is 0 Å². The van der Waals surface area contributed by atoms with Gasteiger partial charge in [-0.2, -0.15) is 8.42 Å². The Bertz CT molecular complexity index is 851. The van der Waals surface area contributed by atoms with Gasteiger partial charge in [-0.1, -0.05) is 121 Å². The van der Waals surface area contributed by atoms with Crippen LogP contribution in [0.1, 0.15) is 147 Å². The van der Waals surface area contributed by atoms with Crippen molar-refractivity contribution in [1.29, 1.82) is 0 Å². The summed E-state index contributed by atoms with van der Waals surface area (Å²) in [7, 11) is -4.33. The van der Waals surface area contributed by atoms with Gasteiger partial charge in [-0.3, -0.25) is 9.35 Å². The Morgan fingerprint density at radius 1 is 0.784 bits per heavy atom. The summed E-state index contributed by atoms with van der Waals surface area (Å²) in [5.74, 6) is -0.0713. The highest BCUT2D eigenvalue weighted by Gasteiger charge is 2.21. The number of allylic oxidation sites excluding steroid dienone is 2. The number of carbonyl (C=O) groups is 1. The molecule has 0 aliphatic rings. The molecule has 1 unspecified atom stereocenters. The Hall–Kier alpha value is -1.66. The van der Waals surface area contributed by atoms with Crippen molar-refractivity contribution < 1.29 is 17.8 Å². The van der Waals surface area contributed by atoms with Crippen LogP contribution in [0.4, 0.5) is 0 Å². The molecule has 0 heterocycles. The normalized spacial score (nSPS) is 12.7. The van der Waals surface area contributed by atoms with E-state index in [1.807, 2.05) is 6.92 Å². The zero-order valence-corrected chi connectivity index (χ0v) is 24.4. The molecule has 0 spiro atoms. The van der Waals surface area contributed by atoms with E-state index < -0.39 is 16.2 Å². The van der Waals surface area contributed by atoms with Gasteiger partial charge in [0.25, 0.3) is 10.1 Å². The fourth-order valence-corrected chi connectivity index (χ4v) is 5.49. The predicted octanol–water partition coefficient (Wildman–Crippen LogP) is 9.10. The van der Waals surface area contributed by atoms with Gasteiger partial charge in [0, 0.05) is 6.42 Å². The molecule has 0 aliphatic carbocycles. The Labute approximate surface area is 227 Å². The van der Waals surface area contributed by atoms with Crippen molar-refractivity contribution in [3.8, 4) is 0 Å². The number of hydrogen-bond donors (Lipinski definition) is 2. The average molecular weight is 536 g/mol. The van der Waals surface area contributed by atoms with Crippen LogP contribution >= 0.6 is 0 Å². The first kappa shape index (κ1) is 33.4. The van der Waals surface area contributed by atoms with E-state index in [9.17, 15) is 17.8 Å². The lowest BCUT2D eigenvalue weighted by Crippen LogP contribution is -2.29. The molecule has 1 aromatic carbocycles. The zero-order valence-electron chi connectivity index (χ0n) is 23.6. The van der Waals surface area contributed by atoms with E-state index in [1.54, 1.807) is 18.2 Å². The zero-order chi connectivity index (χ0) is 27.2. The number of carbonyl (C=O) groups excluding carboxylic acids is 1. The van der Waals surface area contributed by atoms with Crippen LogP contribution in [0.25, 0.3) is 0 Å². The van der Waals surface area contributed by atoms with E-state index in [2.05, 4.69) is 24.4 Å². The maximum atomic E-state index is 12.4. The number of hydrogen-bond acceptors (Lipinski definition) is 3. The van der Waals surface area contributed by atoms with Gasteiger partial charge in [-0.25, -0.2) is 0 Å². The fourth-order valence-electron chi connectivity index (χ4n) is 4.73. The molecule has 0 bridgehead atoms. The first-order valence-corrected chi connectivity index (χ1v) is 16.3. The lowest BCUT2D eigenvalue weighted by molar-refractivity contribution is -0.122. The highest BCUT2D eigenvalue weighted by atomic mass is 32.2. The monoisotopic (exact) mass is 535 g/mol. The second-order valence-electron chi connectivity index (χ2n) is 10.3. The van der Waals surface area contributed by atoms with Crippen LogP contribution in [0.3, 0.4) is 0 Å². The molecule has 5 nitrogen and oxygen atoms in total. The molecule has 0 aromatic heterocycles. The minimum Gasteiger partial charge on any atom is -0.349 e. The third-order valence-electron chi connectivity index (χ3n) is 6.98. The molecule has 0 aliphatic heterocycles. The number of unbranched alkanes of at least 4 members (excludes halogenated alkanes) is 15. The van der Waals surface area contributed by atoms with Gasteiger partial charge < -0.3 is 5.32 Å². The fraction of sp³-hybridized carbons (Fsp3) is 0.710. The Morgan fingerprint density at radius 3 is 1.78 bits per heavy atom. The molecule has 2 N–H and O–H groups in total. The summed E-state index contributed by atoms with van der Waals surface area (Å²) in [6.07, 6.45) is 27.2. The molecule has 1 atom stereocenters. The lowest BCUT2D eigenvalue weighted by Gasteiger charge is -2.19. The minimum atomic E-state index is -4.33. The van der Waals surface area contributed by atoms with Crippen molar-refractivity contribution in [3.05, 3.63) is 42.0 Å². The van der Waals surface area contributed by atoms with Crippen LogP contribution in [-0.4, -0.2) is 18.9 Å². The predicted molar refractivity (Wildman–Crippen MR) is 155 cm³/mol. The van der Waals surface area contributed by atoms with Gasteiger partial charge in [0.1, 0.15) is 0 Å². The maximum Gasteiger partial charge on any atom is 0.294 e. The molecule has 0 fully saturated rings. The summed E-state index contributed by atoms with van der Waals surface area (Å²) in [4.78, 5) is 12.3. The summed E-state index contributed by atoms with van der Waals surface area (Å²) in [6, 6.07) is 5.87. The molecule has 0 radical (unpaired) electrons. The van der Waals surface area contributed by atoms with Crippen LogP contribution < -0.4 is 5.32 Å². The highest BCUT2D eigenvalue weighted by Crippen LogP contribution is 2.25. The van der Waals surface area contributed by atoms with E-state index >= 15 is 0 Å². The first-order chi connectivity index (χ1) is 17.9. The number of benzene rings is 1. The molecule has 1 aromatic rings. The van der Waals surface area contributed by atoms with Gasteiger partial charge >= 0.3 is 0 Å². The molecule has 6 heteroatoms. The Kier molecular flexibility index (Phi) is 19.2. The van der Waals surface area contributed by atoms with Crippen LogP contribution in [0.15, 0.2) is 41.3 Å². The highest BCUT2D eigenvalue weighted by molar-refractivity contribution is 7.85. The van der Waals surface area contributed by atoms with E-state index in [0.29, 0.717) is 18.4 Å². The minimum absolute atomic E-state index is 0.0713. The van der Waals surface area contributed by atoms with Crippen molar-refractivity contribution in [2.45, 2.75) is 147 Å². The van der Waals surface area contributed by atoms with Crippen LogP contribution in [0, 0.1) is 0 Å². The van der Waals surface area contributed by atoms with E-state index in [4.69, 9.17) is 0 Å². The molecule has 37 heavy (non-hydrogen) atoms. The third kappa shape index (κ3) is 16.7. The molecular weight excluding hydrogens is 482 g/mol. The van der Waals surface area contributed by atoms with E-state index in [0.717, 1.165) is 19.3 Å². The second kappa shape index (κ2) is 21.3. The van der Waals surface area contributed by atoms with Crippen molar-refractivity contribution >= 4 is 16.0 Å². The number of rotatable bonds is 23. The second-order valence-corrected chi connectivity index (χ2v) is 11.7. The van der Waals surface area contributed by atoms with Gasteiger partial charge in [0.15, 0.2) is 0 Å². The van der Waals surface area contributed by atoms with Crippen LogP contribution in [0.5, 0.6) is 0 Å². The van der Waals surface area contributed by atoms with Gasteiger partial charge in [0.05, 0.1) is 10.9 Å². The standard InChI is InChI=1S/C31H53NO4S/c1-3-5-6-7-8-9-10-11-12-13-14-15-16-17-18-19-20-21-22-27-31(33)32-29(4-2)28-25-23-24-26-30(28)37(34,35)36/h11-12,23-26,29H,3-10,13-22,27H2,1-2H3,(H,32,33)(H,34,35,36)/b12-11-. The lowest BCUT2D eigenvalue weighted by atomic mass is 10.0. The maximum absolute atomic E-state index is 12.4. The van der Waals surface area contributed by atoms with E-state index in [-0.39, 0.29) is 10.8 Å². The topological polar surface area (TPSA) is 83.5 Å². The SMILES string of the molecule is CCCCCCCC/C=C\CCCCCCCCCCCC(=O)NC(CC)c1ccccc1S(=O)(=O)O. The third-order valence-corrected chi connectivity index (χ3v) is 7.91. The average Bonchev–Trinajstić information content (AvgIpc) is 2.88. The van der Waals surface area contributed by atoms with Crippen molar-refractivity contribution in [3.63, 3.8) is 0 Å². The number of amides is 1. The molecule has 0 saturated heterocycles. The first-order valence-electron chi connectivity index (χ1n) is 14.9. The molecule has 1 amide bonds. The van der Waals surface area contributed by atoms with Gasteiger partial charge in [-0.05, 0) is 50.2 Å². The van der Waals surface area contributed by atoms with Crippen LogP contribution in [0.2, 0.25) is 0 Å². The molecule has 0 saturated carbocycles. The summed E-state index contributed by atoms with van der Waals surface area (Å²) < 4.78 is 32.8. The largest absolute Gasteiger partial charge is 0.349 e. The van der Waals surface area contributed by atoms with Gasteiger partial charge in [0.2, 0.25) is 5.91 Å². The molecule has 212 valence electrons. The summed E-state index contributed by atoms with van der Waals surface area (Å²) in [5, 5.41) is 2.93. The quantitative estimate of drug-likeness (QED) is 0.0831.